The number of hydrogen-bond acceptors (Lipinski definition) is 10. The normalized spacial score (nSPS) is 19.6. The summed E-state index contributed by atoms with van der Waals surface area (Å²) in [5, 5.41) is 19.9. The second-order valence-electron chi connectivity index (χ2n) is 8.94. The van der Waals surface area contributed by atoms with E-state index in [1.807, 2.05) is 0 Å². The Balaban J connectivity index is 1.49. The Morgan fingerprint density at radius 1 is 0.805 bits per heavy atom. The Morgan fingerprint density at radius 3 is 1.78 bits per heavy atom. The molecule has 0 aliphatic carbocycles. The molecule has 0 bridgehead atoms. The monoisotopic (exact) mass is 553 g/mol. The van der Waals surface area contributed by atoms with Gasteiger partial charge in [0.2, 0.25) is 11.6 Å². The van der Waals surface area contributed by atoms with Crippen molar-refractivity contribution in [1.29, 1.82) is 5.26 Å². The minimum absolute atomic E-state index is 0.214. The van der Waals surface area contributed by atoms with Crippen molar-refractivity contribution in [2.45, 2.75) is 24.5 Å². The van der Waals surface area contributed by atoms with Crippen molar-refractivity contribution < 1.29 is 38.4 Å². The largest absolute Gasteiger partial charge is 0.492 e. The van der Waals surface area contributed by atoms with Gasteiger partial charge < -0.3 is 24.1 Å². The molecule has 41 heavy (non-hydrogen) atoms. The molecule has 1 aliphatic rings. The summed E-state index contributed by atoms with van der Waals surface area (Å²) in [5.41, 5.74) is 0.434. The molecule has 2 heterocycles. The van der Waals surface area contributed by atoms with E-state index in [1.165, 1.54) is 0 Å². The average molecular weight is 554 g/mol. The minimum Gasteiger partial charge on any atom is -0.492 e. The number of rotatable bonds is 8. The predicted molar refractivity (Wildman–Crippen MR) is 141 cm³/mol. The molecule has 3 aromatic carbocycles. The molecule has 11 heteroatoms. The molecular formula is C30H23N3O8. The van der Waals surface area contributed by atoms with E-state index in [0.717, 1.165) is 10.9 Å². The second kappa shape index (κ2) is 12.1. The highest BCUT2D eigenvalue weighted by atomic mass is 16.7. The number of carbonyl (C=O) groups excluding carboxylic acids is 3. The standard InChI is InChI=1S/C30H23N3O8/c31-16-22-26(34)33(18-32-22)27-25(41-30(37)21-14-8-3-9-15-21)24(40-29(36)20-12-6-2-7-13-20)23(39-27)17-38-28(35)19-10-4-1-5-11-19/h1-15,18,23-25,27,34H,17H2/t23-,24-,25-,27-/m1/s1. The van der Waals surface area contributed by atoms with E-state index in [4.69, 9.17) is 18.9 Å². The van der Waals surface area contributed by atoms with Gasteiger partial charge in [-0.2, -0.15) is 5.26 Å². The van der Waals surface area contributed by atoms with Crippen molar-refractivity contribution in [3.63, 3.8) is 0 Å². The Kier molecular flexibility index (Phi) is 8.03. The van der Waals surface area contributed by atoms with E-state index in [9.17, 15) is 24.8 Å². The smallest absolute Gasteiger partial charge is 0.338 e. The van der Waals surface area contributed by atoms with E-state index in [1.54, 1.807) is 97.1 Å². The molecule has 4 atom stereocenters. The fourth-order valence-electron chi connectivity index (χ4n) is 4.30. The van der Waals surface area contributed by atoms with Gasteiger partial charge in [-0.05, 0) is 36.4 Å². The molecule has 1 N–H and O–H groups in total. The van der Waals surface area contributed by atoms with Gasteiger partial charge in [0.25, 0.3) is 0 Å². The highest BCUT2D eigenvalue weighted by Gasteiger charge is 2.52. The zero-order valence-electron chi connectivity index (χ0n) is 21.4. The quantitative estimate of drug-likeness (QED) is 0.253. The van der Waals surface area contributed by atoms with Crippen LogP contribution in [0.15, 0.2) is 97.3 Å². The van der Waals surface area contributed by atoms with Gasteiger partial charge in [-0.25, -0.2) is 19.4 Å². The summed E-state index contributed by atoms with van der Waals surface area (Å²) in [6, 6.07) is 26.3. The zero-order chi connectivity index (χ0) is 28.8. The Bertz CT molecular complexity index is 1570. The summed E-state index contributed by atoms with van der Waals surface area (Å²) in [5.74, 6) is -2.70. The van der Waals surface area contributed by atoms with E-state index >= 15 is 0 Å². The van der Waals surface area contributed by atoms with Crippen LogP contribution in [0.3, 0.4) is 0 Å². The van der Waals surface area contributed by atoms with Gasteiger partial charge >= 0.3 is 17.9 Å². The van der Waals surface area contributed by atoms with Gasteiger partial charge in [0, 0.05) is 0 Å². The lowest BCUT2D eigenvalue weighted by atomic mass is 10.1. The van der Waals surface area contributed by atoms with Crippen LogP contribution in [-0.4, -0.2) is 57.5 Å². The fourth-order valence-corrected chi connectivity index (χ4v) is 4.30. The molecule has 0 unspecified atom stereocenters. The average Bonchev–Trinajstić information content (AvgIpc) is 3.55. The van der Waals surface area contributed by atoms with Gasteiger partial charge in [-0.3, -0.25) is 4.57 Å². The van der Waals surface area contributed by atoms with Crippen LogP contribution in [0, 0.1) is 11.3 Å². The first kappa shape index (κ1) is 27.1. The number of nitrogens with zero attached hydrogens (tertiary/aromatic N) is 3. The maximum absolute atomic E-state index is 13.1. The summed E-state index contributed by atoms with van der Waals surface area (Å²) >= 11 is 0. The lowest BCUT2D eigenvalue weighted by Crippen LogP contribution is -2.41. The summed E-state index contributed by atoms with van der Waals surface area (Å²) < 4.78 is 24.3. The third kappa shape index (κ3) is 5.93. The van der Waals surface area contributed by atoms with Crippen molar-refractivity contribution in [3.8, 4) is 11.9 Å². The molecule has 0 radical (unpaired) electrons. The lowest BCUT2D eigenvalue weighted by Gasteiger charge is -2.25. The van der Waals surface area contributed by atoms with Gasteiger partial charge in [0.05, 0.1) is 16.7 Å². The third-order valence-electron chi connectivity index (χ3n) is 6.33. The molecule has 11 nitrogen and oxygen atoms in total. The van der Waals surface area contributed by atoms with Crippen LogP contribution in [-0.2, 0) is 18.9 Å². The minimum atomic E-state index is -1.34. The molecular weight excluding hydrogens is 530 g/mol. The second-order valence-corrected chi connectivity index (χ2v) is 8.94. The zero-order valence-corrected chi connectivity index (χ0v) is 21.4. The van der Waals surface area contributed by atoms with Gasteiger partial charge in [-0.1, -0.05) is 54.6 Å². The molecule has 206 valence electrons. The molecule has 0 spiro atoms. The molecule has 0 amide bonds. The van der Waals surface area contributed by atoms with Crippen LogP contribution in [0.2, 0.25) is 0 Å². The molecule has 1 aromatic heterocycles. The van der Waals surface area contributed by atoms with Crippen molar-refractivity contribution in [2.75, 3.05) is 6.61 Å². The third-order valence-corrected chi connectivity index (χ3v) is 6.33. The number of ether oxygens (including phenoxy) is 4. The van der Waals surface area contributed by atoms with Crippen molar-refractivity contribution in [3.05, 3.63) is 120 Å². The molecule has 1 saturated heterocycles. The predicted octanol–water partition coefficient (Wildman–Crippen LogP) is 3.67. The number of aromatic hydroxyl groups is 1. The number of benzene rings is 3. The first-order valence-electron chi connectivity index (χ1n) is 12.5. The van der Waals surface area contributed by atoms with Crippen LogP contribution in [0.5, 0.6) is 5.88 Å². The topological polar surface area (TPSA) is 150 Å². The number of aromatic nitrogens is 2. The van der Waals surface area contributed by atoms with Crippen molar-refractivity contribution >= 4 is 17.9 Å². The Hall–Kier alpha value is -5.47. The summed E-state index contributed by atoms with van der Waals surface area (Å²) in [6.07, 6.45) is -3.94. The van der Waals surface area contributed by atoms with E-state index < -0.39 is 54.9 Å². The van der Waals surface area contributed by atoms with E-state index in [2.05, 4.69) is 4.98 Å². The van der Waals surface area contributed by atoms with Gasteiger partial charge in [0.1, 0.15) is 25.1 Å². The fraction of sp³-hybridized carbons (Fsp3) is 0.167. The molecule has 0 saturated carbocycles. The number of nitriles is 1. The van der Waals surface area contributed by atoms with Crippen molar-refractivity contribution in [2.24, 2.45) is 0 Å². The van der Waals surface area contributed by atoms with Crippen LogP contribution in [0.4, 0.5) is 0 Å². The summed E-state index contributed by atoms with van der Waals surface area (Å²) in [6.45, 7) is -0.392. The van der Waals surface area contributed by atoms with Gasteiger partial charge in [-0.15, -0.1) is 0 Å². The first-order chi connectivity index (χ1) is 20.0. The summed E-state index contributed by atoms with van der Waals surface area (Å²) in [7, 11) is 0. The maximum atomic E-state index is 13.1. The van der Waals surface area contributed by atoms with Crippen LogP contribution >= 0.6 is 0 Å². The highest BCUT2D eigenvalue weighted by Crippen LogP contribution is 2.38. The molecule has 1 aliphatic heterocycles. The Labute approximate surface area is 234 Å². The highest BCUT2D eigenvalue weighted by molar-refractivity contribution is 5.91. The van der Waals surface area contributed by atoms with E-state index in [-0.39, 0.29) is 22.4 Å². The number of imidazole rings is 1. The van der Waals surface area contributed by atoms with Gasteiger partial charge in [0.15, 0.2) is 18.4 Å². The number of carbonyl (C=O) groups is 3. The summed E-state index contributed by atoms with van der Waals surface area (Å²) in [4.78, 5) is 42.8. The molecule has 1 fully saturated rings. The molecule has 4 aromatic rings. The van der Waals surface area contributed by atoms with Crippen LogP contribution < -0.4 is 0 Å². The van der Waals surface area contributed by atoms with Crippen LogP contribution in [0.1, 0.15) is 43.0 Å². The first-order valence-corrected chi connectivity index (χ1v) is 12.5. The SMILES string of the molecule is N#Cc1ncn([C@@H]2O[C@H](COC(=O)c3ccccc3)[C@@H](OC(=O)c3ccccc3)[C@H]2OC(=O)c2ccccc2)c1O. The van der Waals surface area contributed by atoms with E-state index in [0.29, 0.717) is 0 Å². The number of esters is 3. The molecule has 5 rings (SSSR count). The lowest BCUT2D eigenvalue weighted by molar-refractivity contribution is -0.0642. The van der Waals surface area contributed by atoms with Crippen LogP contribution in [0.25, 0.3) is 0 Å². The maximum Gasteiger partial charge on any atom is 0.338 e. The number of hydrogen-bond donors (Lipinski definition) is 1. The Morgan fingerprint density at radius 2 is 1.29 bits per heavy atom. The van der Waals surface area contributed by atoms with Crippen molar-refractivity contribution in [1.82, 2.24) is 9.55 Å².